The van der Waals surface area contributed by atoms with Crippen molar-refractivity contribution in [3.63, 3.8) is 0 Å². The first-order valence-corrected chi connectivity index (χ1v) is 16.7. The zero-order chi connectivity index (χ0) is 22.9. The molecular weight excluding hydrogens is 451 g/mol. The van der Waals surface area contributed by atoms with E-state index in [4.69, 9.17) is 5.73 Å². The van der Waals surface area contributed by atoms with E-state index in [1.165, 1.54) is 51.4 Å². The third-order valence-corrected chi connectivity index (χ3v) is 11.2. The van der Waals surface area contributed by atoms with Gasteiger partial charge in [-0.05, 0) is 43.8 Å². The standard InChI is InChI=1S/C23H49NO2S4/c1-7-8-9-10-11-12-13-14-19(27-3)22(29-5)17(2)15-20(28-4)23(30-6)21(26)18(24)16-25/h17-23,25-26H,7-16,24H2,1-6H3/t17?,18-,19?,20?,21-,22?,23?/m0/s1. The quantitative estimate of drug-likeness (QED) is 0.184. The molecule has 0 aliphatic heterocycles. The molecule has 5 unspecified atom stereocenters. The van der Waals surface area contributed by atoms with E-state index in [0.29, 0.717) is 21.7 Å². The van der Waals surface area contributed by atoms with Crippen molar-refractivity contribution in [2.45, 2.75) is 105 Å². The van der Waals surface area contributed by atoms with Crippen LogP contribution in [0, 0.1) is 5.92 Å². The van der Waals surface area contributed by atoms with Crippen molar-refractivity contribution in [3.8, 4) is 0 Å². The molecule has 30 heavy (non-hydrogen) atoms. The monoisotopic (exact) mass is 499 g/mol. The number of hydrogen-bond acceptors (Lipinski definition) is 7. The van der Waals surface area contributed by atoms with Crippen LogP contribution in [0.15, 0.2) is 0 Å². The molecular formula is C23H49NO2S4. The molecule has 7 heteroatoms. The Morgan fingerprint density at radius 3 is 1.77 bits per heavy atom. The van der Waals surface area contributed by atoms with Gasteiger partial charge in [-0.1, -0.05) is 58.8 Å². The number of aliphatic hydroxyl groups is 2. The summed E-state index contributed by atoms with van der Waals surface area (Å²) in [4.78, 5) is 0. The first kappa shape index (κ1) is 31.3. The predicted molar refractivity (Wildman–Crippen MR) is 147 cm³/mol. The van der Waals surface area contributed by atoms with Gasteiger partial charge in [0.25, 0.3) is 0 Å². The average molecular weight is 500 g/mol. The van der Waals surface area contributed by atoms with Crippen molar-refractivity contribution in [1.82, 2.24) is 0 Å². The molecule has 0 amide bonds. The maximum atomic E-state index is 10.6. The Bertz CT molecular complexity index is 392. The van der Waals surface area contributed by atoms with E-state index in [-0.39, 0.29) is 11.9 Å². The first-order chi connectivity index (χ1) is 14.4. The van der Waals surface area contributed by atoms with E-state index >= 15 is 0 Å². The van der Waals surface area contributed by atoms with Gasteiger partial charge in [0.05, 0.1) is 18.8 Å². The molecule has 0 aromatic rings. The largest absolute Gasteiger partial charge is 0.395 e. The summed E-state index contributed by atoms with van der Waals surface area (Å²) < 4.78 is 0. The Morgan fingerprint density at radius 2 is 1.30 bits per heavy atom. The second-order valence-electron chi connectivity index (χ2n) is 8.41. The van der Waals surface area contributed by atoms with E-state index in [1.54, 1.807) is 11.8 Å². The average Bonchev–Trinajstić information content (AvgIpc) is 2.76. The van der Waals surface area contributed by atoms with E-state index in [1.807, 2.05) is 41.5 Å². The zero-order valence-corrected chi connectivity index (χ0v) is 23.5. The molecule has 0 heterocycles. The smallest absolute Gasteiger partial charge is 0.0842 e. The second kappa shape index (κ2) is 19.7. The summed E-state index contributed by atoms with van der Waals surface area (Å²) >= 11 is 7.56. The van der Waals surface area contributed by atoms with Gasteiger partial charge in [0.15, 0.2) is 0 Å². The molecule has 0 aromatic heterocycles. The van der Waals surface area contributed by atoms with Gasteiger partial charge in [-0.2, -0.15) is 47.0 Å². The first-order valence-electron chi connectivity index (χ1n) is 11.6. The highest BCUT2D eigenvalue weighted by Crippen LogP contribution is 2.37. The molecule has 0 aliphatic carbocycles. The van der Waals surface area contributed by atoms with Crippen molar-refractivity contribution in [2.24, 2.45) is 11.7 Å². The van der Waals surface area contributed by atoms with Crippen LogP contribution in [0.5, 0.6) is 0 Å². The van der Waals surface area contributed by atoms with Crippen molar-refractivity contribution < 1.29 is 10.2 Å². The van der Waals surface area contributed by atoms with Crippen molar-refractivity contribution in [1.29, 1.82) is 0 Å². The molecule has 0 saturated carbocycles. The number of nitrogens with two attached hydrogens (primary N) is 1. The Balaban J connectivity index is 4.78. The molecule has 0 bridgehead atoms. The minimum Gasteiger partial charge on any atom is -0.395 e. The highest BCUT2D eigenvalue weighted by molar-refractivity contribution is 8.03. The van der Waals surface area contributed by atoms with E-state index in [2.05, 4.69) is 32.6 Å². The third-order valence-electron chi connectivity index (χ3n) is 6.13. The number of hydrogen-bond donors (Lipinski definition) is 3. The van der Waals surface area contributed by atoms with Gasteiger partial charge < -0.3 is 15.9 Å². The summed E-state index contributed by atoms with van der Waals surface area (Å²) in [6.07, 6.45) is 20.0. The molecule has 7 atom stereocenters. The van der Waals surface area contributed by atoms with Gasteiger partial charge >= 0.3 is 0 Å². The Morgan fingerprint density at radius 1 is 0.767 bits per heavy atom. The lowest BCUT2D eigenvalue weighted by atomic mass is 9.93. The van der Waals surface area contributed by atoms with Crippen LogP contribution in [-0.2, 0) is 0 Å². The number of thioether (sulfide) groups is 4. The number of aliphatic hydroxyl groups excluding tert-OH is 2. The van der Waals surface area contributed by atoms with Crippen LogP contribution >= 0.6 is 47.0 Å². The highest BCUT2D eigenvalue weighted by Gasteiger charge is 2.34. The van der Waals surface area contributed by atoms with Crippen molar-refractivity contribution in [3.05, 3.63) is 0 Å². The normalized spacial score (nSPS) is 19.1. The van der Waals surface area contributed by atoms with Gasteiger partial charge in [0.1, 0.15) is 0 Å². The lowest BCUT2D eigenvalue weighted by molar-refractivity contribution is 0.104. The lowest BCUT2D eigenvalue weighted by Gasteiger charge is -2.36. The molecule has 3 nitrogen and oxygen atoms in total. The molecule has 0 radical (unpaired) electrons. The molecule has 0 aromatic carbocycles. The summed E-state index contributed by atoms with van der Waals surface area (Å²) in [6.45, 7) is 4.49. The van der Waals surface area contributed by atoms with Crippen LogP contribution in [0.2, 0.25) is 0 Å². The topological polar surface area (TPSA) is 66.5 Å². The zero-order valence-electron chi connectivity index (χ0n) is 20.2. The predicted octanol–water partition coefficient (Wildman–Crippen LogP) is 5.76. The SMILES string of the molecule is CCCCCCCCCC(SC)C(SC)C(C)CC(SC)C(SC)[C@@H](O)[C@@H](N)CO. The number of rotatable bonds is 20. The van der Waals surface area contributed by atoms with Gasteiger partial charge in [0.2, 0.25) is 0 Å². The van der Waals surface area contributed by atoms with Crippen molar-refractivity contribution in [2.75, 3.05) is 31.6 Å². The summed E-state index contributed by atoms with van der Waals surface area (Å²) in [5.41, 5.74) is 5.95. The van der Waals surface area contributed by atoms with Gasteiger partial charge in [-0.25, -0.2) is 0 Å². The summed E-state index contributed by atoms with van der Waals surface area (Å²) in [5, 5.41) is 21.7. The Hall–Kier alpha value is 1.28. The molecule has 0 aliphatic rings. The van der Waals surface area contributed by atoms with Crippen molar-refractivity contribution >= 4 is 47.0 Å². The molecule has 0 saturated heterocycles. The van der Waals surface area contributed by atoms with Crippen LogP contribution in [0.3, 0.4) is 0 Å². The van der Waals surface area contributed by atoms with Crippen LogP contribution in [-0.4, -0.2) is 75.0 Å². The fourth-order valence-corrected chi connectivity index (χ4v) is 9.31. The van der Waals surface area contributed by atoms with Gasteiger partial charge in [-0.15, -0.1) is 0 Å². The van der Waals surface area contributed by atoms with Gasteiger partial charge in [0, 0.05) is 21.0 Å². The van der Waals surface area contributed by atoms with Crippen LogP contribution in [0.1, 0.15) is 71.6 Å². The molecule has 0 rings (SSSR count). The Labute approximate surface area is 204 Å². The molecule has 182 valence electrons. The van der Waals surface area contributed by atoms with Crippen LogP contribution in [0.4, 0.5) is 0 Å². The molecule has 0 fully saturated rings. The fourth-order valence-electron chi connectivity index (χ4n) is 4.20. The number of unbranched alkanes of at least 4 members (excludes halogenated alkanes) is 6. The minimum atomic E-state index is -0.675. The lowest BCUT2D eigenvalue weighted by Crippen LogP contribution is -2.48. The van der Waals surface area contributed by atoms with E-state index in [9.17, 15) is 10.2 Å². The maximum Gasteiger partial charge on any atom is 0.0842 e. The van der Waals surface area contributed by atoms with Crippen LogP contribution < -0.4 is 5.73 Å². The molecule has 0 spiro atoms. The molecule has 4 N–H and O–H groups in total. The minimum absolute atomic E-state index is 0.0444. The van der Waals surface area contributed by atoms with Gasteiger partial charge in [-0.3, -0.25) is 0 Å². The summed E-state index contributed by atoms with van der Waals surface area (Å²) in [7, 11) is 0. The fraction of sp³-hybridized carbons (Fsp3) is 1.00. The highest BCUT2D eigenvalue weighted by atomic mass is 32.2. The maximum absolute atomic E-state index is 10.6. The van der Waals surface area contributed by atoms with E-state index < -0.39 is 12.1 Å². The Kier molecular flexibility index (Phi) is 20.6. The summed E-state index contributed by atoms with van der Waals surface area (Å²) in [6, 6.07) is -0.569. The third kappa shape index (κ3) is 11.9. The summed E-state index contributed by atoms with van der Waals surface area (Å²) in [5.74, 6) is 0.576. The van der Waals surface area contributed by atoms with Crippen LogP contribution in [0.25, 0.3) is 0 Å². The second-order valence-corrected chi connectivity index (χ2v) is 12.6. The van der Waals surface area contributed by atoms with E-state index in [0.717, 1.165) is 6.42 Å².